The van der Waals surface area contributed by atoms with Crippen molar-refractivity contribution in [3.05, 3.63) is 28.8 Å². The van der Waals surface area contributed by atoms with Gasteiger partial charge >= 0.3 is 0 Å². The lowest BCUT2D eigenvalue weighted by molar-refractivity contribution is 0.404. The Balaban J connectivity index is 2.24. The Morgan fingerprint density at radius 2 is 1.62 bits per heavy atom. The molecule has 0 amide bonds. The molecule has 1 nitrogen and oxygen atoms in total. The number of unbranched alkanes of at least 4 members (excludes halogenated alkanes) is 7. The molecule has 1 unspecified atom stereocenters. The minimum Gasteiger partial charge on any atom is -0.496 e. The number of hydrogen-bond acceptors (Lipinski definition) is 1. The number of ether oxygens (including phenoxy) is 1. The Kier molecular flexibility index (Phi) is 9.58. The molecule has 1 aromatic carbocycles. The van der Waals surface area contributed by atoms with Crippen molar-refractivity contribution in [2.45, 2.75) is 77.6 Å². The fraction of sp³-hybridized carbons (Fsp3) is 0.684. The van der Waals surface area contributed by atoms with Crippen LogP contribution in [0.15, 0.2) is 18.2 Å². The molecular weight excluding hydrogens is 280 g/mol. The molecule has 0 radical (unpaired) electrons. The summed E-state index contributed by atoms with van der Waals surface area (Å²) in [5.41, 5.74) is 1.24. The molecule has 2 heteroatoms. The molecule has 0 fully saturated rings. The van der Waals surface area contributed by atoms with Crippen molar-refractivity contribution in [3.63, 3.8) is 0 Å². The topological polar surface area (TPSA) is 9.23 Å². The zero-order valence-corrected chi connectivity index (χ0v) is 14.7. The quantitative estimate of drug-likeness (QED) is 0.400. The molecule has 0 aromatic heterocycles. The summed E-state index contributed by atoms with van der Waals surface area (Å²) in [7, 11) is 1.73. The molecule has 21 heavy (non-hydrogen) atoms. The van der Waals surface area contributed by atoms with E-state index in [0.29, 0.717) is 5.92 Å². The highest BCUT2D eigenvalue weighted by atomic mass is 35.5. The average Bonchev–Trinajstić information content (AvgIpc) is 2.49. The van der Waals surface area contributed by atoms with E-state index in [9.17, 15) is 0 Å². The minimum absolute atomic E-state index is 0.513. The van der Waals surface area contributed by atoms with E-state index >= 15 is 0 Å². The fourth-order valence-corrected chi connectivity index (χ4v) is 3.01. The highest BCUT2D eigenvalue weighted by Gasteiger charge is 2.11. The van der Waals surface area contributed by atoms with E-state index in [2.05, 4.69) is 19.9 Å². The van der Waals surface area contributed by atoms with Crippen molar-refractivity contribution >= 4 is 11.6 Å². The summed E-state index contributed by atoms with van der Waals surface area (Å²) >= 11 is 6.11. The zero-order chi connectivity index (χ0) is 15.5. The first-order valence-corrected chi connectivity index (χ1v) is 8.90. The third kappa shape index (κ3) is 7.22. The predicted molar refractivity (Wildman–Crippen MR) is 93.6 cm³/mol. The lowest BCUT2D eigenvalue weighted by Gasteiger charge is -2.16. The van der Waals surface area contributed by atoms with Gasteiger partial charge in [-0.25, -0.2) is 0 Å². The highest BCUT2D eigenvalue weighted by molar-refractivity contribution is 6.30. The lowest BCUT2D eigenvalue weighted by Crippen LogP contribution is -1.98. The van der Waals surface area contributed by atoms with Gasteiger partial charge in [-0.05, 0) is 36.1 Å². The van der Waals surface area contributed by atoms with E-state index in [1.165, 1.54) is 63.4 Å². The van der Waals surface area contributed by atoms with Crippen LogP contribution >= 0.6 is 11.6 Å². The normalized spacial score (nSPS) is 12.4. The van der Waals surface area contributed by atoms with Crippen LogP contribution in [0.2, 0.25) is 5.02 Å². The molecule has 1 rings (SSSR count). The van der Waals surface area contributed by atoms with Gasteiger partial charge in [-0.1, -0.05) is 76.8 Å². The molecular formula is C19H31ClO. The van der Waals surface area contributed by atoms with Gasteiger partial charge in [0.25, 0.3) is 0 Å². The number of rotatable bonds is 11. The average molecular weight is 311 g/mol. The van der Waals surface area contributed by atoms with Crippen LogP contribution in [-0.4, -0.2) is 7.11 Å². The number of methoxy groups -OCH3 is 1. The summed E-state index contributed by atoms with van der Waals surface area (Å²) < 4.78 is 5.45. The second-order valence-electron chi connectivity index (χ2n) is 6.05. The Hall–Kier alpha value is -0.690. The van der Waals surface area contributed by atoms with Crippen LogP contribution < -0.4 is 4.74 Å². The number of benzene rings is 1. The molecule has 0 aliphatic carbocycles. The molecule has 1 atom stereocenters. The Morgan fingerprint density at radius 3 is 2.24 bits per heavy atom. The molecule has 120 valence electrons. The molecule has 0 saturated carbocycles. The van der Waals surface area contributed by atoms with Gasteiger partial charge in [-0.15, -0.1) is 0 Å². The number of halogens is 1. The molecule has 1 aromatic rings. The van der Waals surface area contributed by atoms with E-state index in [1.807, 2.05) is 12.1 Å². The molecule has 0 saturated heterocycles. The minimum atomic E-state index is 0.513. The molecule has 0 bridgehead atoms. The fourth-order valence-electron chi connectivity index (χ4n) is 2.83. The van der Waals surface area contributed by atoms with Crippen molar-refractivity contribution in [1.82, 2.24) is 0 Å². The van der Waals surface area contributed by atoms with Gasteiger partial charge in [0.05, 0.1) is 7.11 Å². The van der Waals surface area contributed by atoms with Crippen molar-refractivity contribution in [3.8, 4) is 5.75 Å². The van der Waals surface area contributed by atoms with Gasteiger partial charge in [0.2, 0.25) is 0 Å². The van der Waals surface area contributed by atoms with E-state index in [1.54, 1.807) is 7.11 Å². The van der Waals surface area contributed by atoms with Gasteiger partial charge < -0.3 is 4.74 Å². The summed E-state index contributed by atoms with van der Waals surface area (Å²) in [6.45, 7) is 4.54. The predicted octanol–water partition coefficient (Wildman–Crippen LogP) is 6.98. The summed E-state index contributed by atoms with van der Waals surface area (Å²) in [4.78, 5) is 0. The SMILES string of the molecule is CCCCCCCCCCC(C)c1cc(Cl)ccc1OC. The smallest absolute Gasteiger partial charge is 0.122 e. The first-order valence-electron chi connectivity index (χ1n) is 8.52. The lowest BCUT2D eigenvalue weighted by atomic mass is 9.94. The second kappa shape index (κ2) is 11.0. The van der Waals surface area contributed by atoms with Crippen molar-refractivity contribution in [2.75, 3.05) is 7.11 Å². The molecule has 0 N–H and O–H groups in total. The zero-order valence-electron chi connectivity index (χ0n) is 14.0. The van der Waals surface area contributed by atoms with Crippen LogP contribution in [0.5, 0.6) is 5.75 Å². The molecule has 0 spiro atoms. The van der Waals surface area contributed by atoms with Crippen molar-refractivity contribution < 1.29 is 4.74 Å². The third-order valence-electron chi connectivity index (χ3n) is 4.21. The van der Waals surface area contributed by atoms with E-state index < -0.39 is 0 Å². The van der Waals surface area contributed by atoms with Gasteiger partial charge in [0, 0.05) is 5.02 Å². The molecule has 0 aliphatic heterocycles. The monoisotopic (exact) mass is 310 g/mol. The maximum Gasteiger partial charge on any atom is 0.122 e. The summed E-state index contributed by atoms with van der Waals surface area (Å²) in [6, 6.07) is 5.92. The van der Waals surface area contributed by atoms with E-state index in [0.717, 1.165) is 10.8 Å². The standard InChI is InChI=1S/C19H31ClO/c1-4-5-6-7-8-9-10-11-12-16(2)18-15-17(20)13-14-19(18)21-3/h13-16H,4-12H2,1-3H3. The first-order chi connectivity index (χ1) is 10.2. The van der Waals surface area contributed by atoms with E-state index in [-0.39, 0.29) is 0 Å². The summed E-state index contributed by atoms with van der Waals surface area (Å²) in [6.07, 6.45) is 12.2. The highest BCUT2D eigenvalue weighted by Crippen LogP contribution is 2.32. The van der Waals surface area contributed by atoms with Crippen molar-refractivity contribution in [1.29, 1.82) is 0 Å². The Morgan fingerprint density at radius 1 is 1.00 bits per heavy atom. The Labute approximate surface area is 136 Å². The van der Waals surface area contributed by atoms with Crippen molar-refractivity contribution in [2.24, 2.45) is 0 Å². The number of hydrogen-bond donors (Lipinski definition) is 0. The summed E-state index contributed by atoms with van der Waals surface area (Å²) in [5.74, 6) is 1.48. The van der Waals surface area contributed by atoms with Crippen LogP contribution in [0.4, 0.5) is 0 Å². The molecule has 0 heterocycles. The van der Waals surface area contributed by atoms with Crippen LogP contribution in [0.3, 0.4) is 0 Å². The van der Waals surface area contributed by atoms with Crippen LogP contribution in [0, 0.1) is 0 Å². The third-order valence-corrected chi connectivity index (χ3v) is 4.45. The largest absolute Gasteiger partial charge is 0.496 e. The Bertz CT molecular complexity index is 389. The first kappa shape index (κ1) is 18.4. The van der Waals surface area contributed by atoms with Gasteiger partial charge in [-0.3, -0.25) is 0 Å². The van der Waals surface area contributed by atoms with Gasteiger partial charge in [0.1, 0.15) is 5.75 Å². The van der Waals surface area contributed by atoms with Crippen LogP contribution in [0.1, 0.15) is 83.1 Å². The molecule has 0 aliphatic rings. The van der Waals surface area contributed by atoms with Crippen LogP contribution in [0.25, 0.3) is 0 Å². The summed E-state index contributed by atoms with van der Waals surface area (Å²) in [5, 5.41) is 0.800. The van der Waals surface area contributed by atoms with E-state index in [4.69, 9.17) is 16.3 Å². The van der Waals surface area contributed by atoms with Gasteiger partial charge in [-0.2, -0.15) is 0 Å². The van der Waals surface area contributed by atoms with Crippen LogP contribution in [-0.2, 0) is 0 Å². The second-order valence-corrected chi connectivity index (χ2v) is 6.49. The maximum absolute atomic E-state index is 6.11. The van der Waals surface area contributed by atoms with Gasteiger partial charge in [0.15, 0.2) is 0 Å². The maximum atomic E-state index is 6.11.